The van der Waals surface area contributed by atoms with Crippen LogP contribution < -0.4 is 4.90 Å². The lowest BCUT2D eigenvalue weighted by atomic mass is 10.0. The molecule has 1 aliphatic carbocycles. The summed E-state index contributed by atoms with van der Waals surface area (Å²) in [7, 11) is 0. The largest absolute Gasteiger partial charge is 0.350 e. The molecule has 2 heterocycles. The number of carbonyl (C=O) groups excluding carboxylic acids is 1. The van der Waals surface area contributed by atoms with Crippen molar-refractivity contribution in [3.8, 4) is 0 Å². The van der Waals surface area contributed by atoms with Gasteiger partial charge in [0.25, 0.3) is 0 Å². The molecular weight excluding hydrogens is 302 g/mol. The van der Waals surface area contributed by atoms with E-state index in [2.05, 4.69) is 15.1 Å². The lowest BCUT2D eigenvalue weighted by Crippen LogP contribution is -2.31. The van der Waals surface area contributed by atoms with Crippen LogP contribution >= 0.6 is 0 Å². The quantitative estimate of drug-likeness (QED) is 0.205. The molecule has 10 heteroatoms. The highest BCUT2D eigenvalue weighted by atomic mass is 16.6. The highest BCUT2D eigenvalue weighted by Gasteiger charge is 2.36. The number of hydrogen-bond acceptors (Lipinski definition) is 6. The van der Waals surface area contributed by atoms with Gasteiger partial charge in [-0.05, 0) is 31.2 Å². The van der Waals surface area contributed by atoms with Crippen molar-refractivity contribution in [2.24, 2.45) is 11.0 Å². The molecular formula is C13H17N7O3. The molecule has 1 aromatic heterocycles. The Morgan fingerprint density at radius 2 is 2.26 bits per heavy atom. The number of carbonyl (C=O) groups is 1. The van der Waals surface area contributed by atoms with E-state index in [1.54, 1.807) is 4.68 Å². The molecule has 2 unspecified atom stereocenters. The Hall–Kier alpha value is -2.61. The van der Waals surface area contributed by atoms with Gasteiger partial charge in [-0.25, -0.2) is 4.68 Å². The smallest absolute Gasteiger partial charge is 0.331 e. The van der Waals surface area contributed by atoms with Crippen LogP contribution in [-0.4, -0.2) is 40.1 Å². The number of nitrogens with zero attached hydrogens (tertiary/aromatic N) is 7. The van der Waals surface area contributed by atoms with Crippen molar-refractivity contribution in [3.05, 3.63) is 26.8 Å². The van der Waals surface area contributed by atoms with Crippen LogP contribution in [0.15, 0.2) is 11.3 Å². The SMILES string of the molecule is [N-]=[N+]=NC1CCN(c2c([N+](=O)[O-])cnn2C2CC2)CC(C=O)C1. The molecule has 0 radical (unpaired) electrons. The molecule has 2 fully saturated rings. The highest BCUT2D eigenvalue weighted by molar-refractivity contribution is 5.61. The predicted octanol–water partition coefficient (Wildman–Crippen LogP) is 2.22. The summed E-state index contributed by atoms with van der Waals surface area (Å²) in [5.41, 5.74) is 8.58. The topological polar surface area (TPSA) is 130 Å². The average Bonchev–Trinajstić information content (AvgIpc) is 3.31. The normalized spacial score (nSPS) is 24.6. The van der Waals surface area contributed by atoms with Gasteiger partial charge in [-0.2, -0.15) is 5.10 Å². The molecule has 23 heavy (non-hydrogen) atoms. The van der Waals surface area contributed by atoms with Crippen LogP contribution in [0, 0.1) is 16.0 Å². The van der Waals surface area contributed by atoms with Crippen molar-refractivity contribution < 1.29 is 9.72 Å². The molecule has 1 saturated heterocycles. The van der Waals surface area contributed by atoms with Gasteiger partial charge in [0.05, 0.1) is 11.0 Å². The number of azide groups is 1. The summed E-state index contributed by atoms with van der Waals surface area (Å²) in [6, 6.07) is -0.0684. The van der Waals surface area contributed by atoms with Crippen molar-refractivity contribution in [2.75, 3.05) is 18.0 Å². The third-order valence-electron chi connectivity index (χ3n) is 4.31. The molecule has 2 aliphatic rings. The molecule has 2 atom stereocenters. The van der Waals surface area contributed by atoms with Crippen molar-refractivity contribution in [1.29, 1.82) is 0 Å². The van der Waals surface area contributed by atoms with E-state index in [1.165, 1.54) is 6.20 Å². The van der Waals surface area contributed by atoms with Gasteiger partial charge in [0, 0.05) is 30.0 Å². The van der Waals surface area contributed by atoms with Crippen LogP contribution in [0.5, 0.6) is 0 Å². The van der Waals surface area contributed by atoms with Crippen LogP contribution in [0.25, 0.3) is 10.4 Å². The zero-order chi connectivity index (χ0) is 16.4. The molecule has 0 spiro atoms. The Labute approximate surface area is 131 Å². The first-order valence-electron chi connectivity index (χ1n) is 7.60. The Morgan fingerprint density at radius 3 is 2.87 bits per heavy atom. The monoisotopic (exact) mass is 319 g/mol. The Balaban J connectivity index is 1.93. The van der Waals surface area contributed by atoms with E-state index in [1.807, 2.05) is 4.90 Å². The summed E-state index contributed by atoms with van der Waals surface area (Å²) in [6.45, 7) is 0.869. The molecule has 1 aliphatic heterocycles. The van der Waals surface area contributed by atoms with Crippen LogP contribution in [0.1, 0.15) is 31.7 Å². The van der Waals surface area contributed by atoms with Gasteiger partial charge in [-0.15, -0.1) is 0 Å². The predicted molar refractivity (Wildman–Crippen MR) is 81.1 cm³/mol. The second-order valence-corrected chi connectivity index (χ2v) is 6.01. The minimum atomic E-state index is -0.438. The van der Waals surface area contributed by atoms with E-state index < -0.39 is 4.92 Å². The molecule has 0 N–H and O–H groups in total. The van der Waals surface area contributed by atoms with Gasteiger partial charge in [-0.3, -0.25) is 10.1 Å². The van der Waals surface area contributed by atoms with Crippen molar-refractivity contribution >= 4 is 17.8 Å². The summed E-state index contributed by atoms with van der Waals surface area (Å²) in [6.07, 6.45) is 5.05. The number of anilines is 1. The van der Waals surface area contributed by atoms with Gasteiger partial charge in [0.2, 0.25) is 5.82 Å². The standard InChI is InChI=1S/C13H17N7O3/c14-17-16-10-3-4-18(7-9(5-10)8-21)13-12(20(22)23)6-15-19(13)11-1-2-11/h6,8-11H,1-5,7H2. The third kappa shape index (κ3) is 3.11. The third-order valence-corrected chi connectivity index (χ3v) is 4.31. The van der Waals surface area contributed by atoms with Gasteiger partial charge >= 0.3 is 5.69 Å². The molecule has 3 rings (SSSR count). The number of rotatable bonds is 5. The van der Waals surface area contributed by atoms with Crippen LogP contribution in [0.3, 0.4) is 0 Å². The van der Waals surface area contributed by atoms with E-state index in [0.717, 1.165) is 19.1 Å². The highest BCUT2D eigenvalue weighted by Crippen LogP contribution is 2.41. The summed E-state index contributed by atoms with van der Waals surface area (Å²) in [4.78, 5) is 26.9. The fraction of sp³-hybridized carbons (Fsp3) is 0.692. The summed E-state index contributed by atoms with van der Waals surface area (Å²) in [5.74, 6) is 0.140. The summed E-state index contributed by atoms with van der Waals surface area (Å²) < 4.78 is 1.70. The summed E-state index contributed by atoms with van der Waals surface area (Å²) in [5, 5.41) is 19.2. The lowest BCUT2D eigenvalue weighted by molar-refractivity contribution is -0.384. The van der Waals surface area contributed by atoms with E-state index in [9.17, 15) is 14.9 Å². The van der Waals surface area contributed by atoms with Crippen molar-refractivity contribution in [1.82, 2.24) is 9.78 Å². The zero-order valence-corrected chi connectivity index (χ0v) is 12.5. The van der Waals surface area contributed by atoms with Gasteiger partial charge in [-0.1, -0.05) is 5.11 Å². The minimum Gasteiger partial charge on any atom is -0.350 e. The molecule has 1 aromatic rings. The summed E-state index contributed by atoms with van der Waals surface area (Å²) >= 11 is 0. The lowest BCUT2D eigenvalue weighted by Gasteiger charge is -2.24. The first-order valence-corrected chi connectivity index (χ1v) is 7.60. The molecule has 10 nitrogen and oxygen atoms in total. The maximum atomic E-state index is 11.3. The fourth-order valence-electron chi connectivity index (χ4n) is 3.06. The van der Waals surface area contributed by atoms with Gasteiger partial charge < -0.3 is 9.69 Å². The first kappa shape index (κ1) is 15.3. The second kappa shape index (κ2) is 6.25. The van der Waals surface area contributed by atoms with E-state index >= 15 is 0 Å². The molecule has 0 bridgehead atoms. The van der Waals surface area contributed by atoms with Gasteiger partial charge in [0.1, 0.15) is 12.5 Å². The van der Waals surface area contributed by atoms with E-state index in [-0.39, 0.29) is 23.7 Å². The van der Waals surface area contributed by atoms with Crippen molar-refractivity contribution in [2.45, 2.75) is 37.8 Å². The fourth-order valence-corrected chi connectivity index (χ4v) is 3.06. The van der Waals surface area contributed by atoms with Crippen molar-refractivity contribution in [3.63, 3.8) is 0 Å². The van der Waals surface area contributed by atoms with Gasteiger partial charge in [0.15, 0.2) is 0 Å². The Bertz CT molecular complexity index is 663. The molecule has 1 saturated carbocycles. The zero-order valence-electron chi connectivity index (χ0n) is 12.5. The molecule has 0 amide bonds. The average molecular weight is 319 g/mol. The Morgan fingerprint density at radius 1 is 1.48 bits per heavy atom. The maximum Gasteiger partial charge on any atom is 0.331 e. The van der Waals surface area contributed by atoms with E-state index in [4.69, 9.17) is 5.53 Å². The first-order chi connectivity index (χ1) is 11.1. The maximum absolute atomic E-state index is 11.3. The van der Waals surface area contributed by atoms with E-state index in [0.29, 0.717) is 31.7 Å². The molecule has 0 aromatic carbocycles. The number of aromatic nitrogens is 2. The molecule has 122 valence electrons. The number of nitro groups is 1. The van der Waals surface area contributed by atoms with Crippen LogP contribution in [0.4, 0.5) is 11.5 Å². The Kier molecular flexibility index (Phi) is 4.16. The van der Waals surface area contributed by atoms with Crippen LogP contribution in [0.2, 0.25) is 0 Å². The minimum absolute atomic E-state index is 0.0382. The number of hydrogen-bond donors (Lipinski definition) is 0. The van der Waals surface area contributed by atoms with Crippen LogP contribution in [-0.2, 0) is 4.79 Å². The second-order valence-electron chi connectivity index (χ2n) is 6.01. The number of aldehydes is 1.